The van der Waals surface area contributed by atoms with Crippen LogP contribution in [0.25, 0.3) is 117 Å². The summed E-state index contributed by atoms with van der Waals surface area (Å²) in [6, 6.07) is 74.6. The second-order valence-electron chi connectivity index (χ2n) is 15.8. The quantitative estimate of drug-likeness (QED) is 0.151. The number of benzene rings is 7. The summed E-state index contributed by atoms with van der Waals surface area (Å²) < 4.78 is 2.41. The molecule has 0 radical (unpaired) electrons. The molecule has 0 unspecified atom stereocenters. The maximum atomic E-state index is 5.52. The normalized spacial score (nSPS) is 11.5. The highest BCUT2D eigenvalue weighted by Gasteiger charge is 2.21. The zero-order valence-electron chi connectivity index (χ0n) is 34.1. The minimum atomic E-state index is 0.796. The van der Waals surface area contributed by atoms with Gasteiger partial charge in [0.05, 0.1) is 45.0 Å². The fraction of sp³-hybridized carbons (Fsp3) is 0. The minimum Gasteiger partial charge on any atom is -0.309 e. The smallest absolute Gasteiger partial charge is 0.0899 e. The largest absolute Gasteiger partial charge is 0.309 e. The SMILES string of the molecule is c1ccc(-c2ccc(-c3cc(-c4cccc(-c5nc6ccccc6c6ccc7c8ccccc8n(-c8ccccc8)c7c56)c4)cc(-c4ccc(-c5ccccn5)cc4)n3)nc2)cc1. The van der Waals surface area contributed by atoms with E-state index >= 15 is 0 Å². The predicted octanol–water partition coefficient (Wildman–Crippen LogP) is 14.7. The number of aromatic nitrogens is 5. The van der Waals surface area contributed by atoms with Crippen LogP contribution in [-0.4, -0.2) is 24.5 Å². The highest BCUT2D eigenvalue weighted by atomic mass is 15.0. The summed E-state index contributed by atoms with van der Waals surface area (Å²) in [5.74, 6) is 0. The van der Waals surface area contributed by atoms with E-state index in [9.17, 15) is 0 Å². The average Bonchev–Trinajstić information content (AvgIpc) is 3.71. The molecule has 0 atom stereocenters. The van der Waals surface area contributed by atoms with E-state index < -0.39 is 0 Å². The van der Waals surface area contributed by atoms with Crippen LogP contribution in [0.4, 0.5) is 0 Å². The molecule has 5 heteroatoms. The maximum Gasteiger partial charge on any atom is 0.0899 e. The van der Waals surface area contributed by atoms with Gasteiger partial charge in [-0.1, -0.05) is 152 Å². The number of rotatable bonds is 7. The van der Waals surface area contributed by atoms with Crippen molar-refractivity contribution in [2.24, 2.45) is 0 Å². The van der Waals surface area contributed by atoms with Crippen LogP contribution < -0.4 is 0 Å². The van der Waals surface area contributed by atoms with Crippen molar-refractivity contribution >= 4 is 43.5 Å². The molecule has 0 spiro atoms. The topological polar surface area (TPSA) is 56.5 Å². The maximum absolute atomic E-state index is 5.52. The van der Waals surface area contributed by atoms with E-state index in [1.165, 1.54) is 16.2 Å². The molecule has 63 heavy (non-hydrogen) atoms. The molecular formula is C58H37N5. The monoisotopic (exact) mass is 803 g/mol. The molecule has 294 valence electrons. The number of para-hydroxylation sites is 3. The Labute approximate surface area is 364 Å². The van der Waals surface area contributed by atoms with Crippen molar-refractivity contribution in [1.82, 2.24) is 24.5 Å². The Kier molecular flexibility index (Phi) is 8.75. The molecule has 0 aliphatic heterocycles. The van der Waals surface area contributed by atoms with Crippen LogP contribution in [-0.2, 0) is 0 Å². The first-order chi connectivity index (χ1) is 31.2. The van der Waals surface area contributed by atoms with Crippen LogP contribution in [0, 0.1) is 0 Å². The fourth-order valence-corrected chi connectivity index (χ4v) is 9.07. The molecule has 7 aromatic carbocycles. The summed E-state index contributed by atoms with van der Waals surface area (Å²) >= 11 is 0. The molecule has 5 aromatic heterocycles. The summed E-state index contributed by atoms with van der Waals surface area (Å²) in [5, 5.41) is 5.82. The standard InChI is InChI=1S/C58H37N5/c1-3-14-38(15-4-1)43-29-32-52(60-37-43)54-36-44(35-53(61-54)40-27-25-39(26-28-40)50-22-11-12-33-59-50)41-16-13-17-42(34-41)57-56-48(46-20-7-9-23-51(46)62-57)30-31-49-47-21-8-10-24-55(47)63(58(49)56)45-18-5-2-6-19-45/h1-37H. The van der Waals surface area contributed by atoms with Gasteiger partial charge in [0.15, 0.2) is 0 Å². The lowest BCUT2D eigenvalue weighted by Crippen LogP contribution is -1.97. The molecule has 0 saturated carbocycles. The van der Waals surface area contributed by atoms with Gasteiger partial charge < -0.3 is 4.57 Å². The van der Waals surface area contributed by atoms with Crippen molar-refractivity contribution in [1.29, 1.82) is 0 Å². The number of fused-ring (bicyclic) bond motifs is 7. The predicted molar refractivity (Wildman–Crippen MR) is 260 cm³/mol. The first-order valence-electron chi connectivity index (χ1n) is 21.2. The number of pyridine rings is 4. The zero-order chi connectivity index (χ0) is 41.7. The lowest BCUT2D eigenvalue weighted by Gasteiger charge is -2.15. The highest BCUT2D eigenvalue weighted by Crippen LogP contribution is 2.43. The van der Waals surface area contributed by atoms with Gasteiger partial charge in [-0.3, -0.25) is 9.97 Å². The fourth-order valence-electron chi connectivity index (χ4n) is 9.07. The molecule has 0 aliphatic carbocycles. The van der Waals surface area contributed by atoms with Crippen LogP contribution in [0.15, 0.2) is 225 Å². The van der Waals surface area contributed by atoms with E-state index in [1.807, 2.05) is 36.7 Å². The van der Waals surface area contributed by atoms with E-state index in [4.69, 9.17) is 15.0 Å². The van der Waals surface area contributed by atoms with E-state index in [0.717, 1.165) is 100 Å². The van der Waals surface area contributed by atoms with Gasteiger partial charge in [-0.2, -0.15) is 0 Å². The molecule has 0 aliphatic rings. The number of hydrogen-bond donors (Lipinski definition) is 0. The Morgan fingerprint density at radius 2 is 1.00 bits per heavy atom. The summed E-state index contributed by atoms with van der Waals surface area (Å²) in [7, 11) is 0. The third-order valence-electron chi connectivity index (χ3n) is 12.1. The molecule has 0 bridgehead atoms. The van der Waals surface area contributed by atoms with Gasteiger partial charge in [-0.15, -0.1) is 0 Å². The molecular weight excluding hydrogens is 767 g/mol. The van der Waals surface area contributed by atoms with Gasteiger partial charge in [0.25, 0.3) is 0 Å². The first-order valence-corrected chi connectivity index (χ1v) is 21.2. The second kappa shape index (κ2) is 15.2. The van der Waals surface area contributed by atoms with Gasteiger partial charge in [0.1, 0.15) is 0 Å². The van der Waals surface area contributed by atoms with Gasteiger partial charge in [0, 0.05) is 61.9 Å². The average molecular weight is 804 g/mol. The van der Waals surface area contributed by atoms with E-state index in [2.05, 4.69) is 198 Å². The molecule has 5 heterocycles. The molecule has 5 nitrogen and oxygen atoms in total. The van der Waals surface area contributed by atoms with Gasteiger partial charge in [-0.05, 0) is 82.7 Å². The molecule has 0 N–H and O–H groups in total. The van der Waals surface area contributed by atoms with Crippen LogP contribution in [0.3, 0.4) is 0 Å². The third-order valence-corrected chi connectivity index (χ3v) is 12.1. The first kappa shape index (κ1) is 36.3. The Morgan fingerprint density at radius 1 is 0.333 bits per heavy atom. The summed E-state index contributed by atoms with van der Waals surface area (Å²) in [6.45, 7) is 0. The molecule has 0 fully saturated rings. The summed E-state index contributed by atoms with van der Waals surface area (Å²) in [6.07, 6.45) is 3.76. The van der Waals surface area contributed by atoms with Crippen molar-refractivity contribution in [2.75, 3.05) is 0 Å². The van der Waals surface area contributed by atoms with Crippen molar-refractivity contribution in [3.63, 3.8) is 0 Å². The van der Waals surface area contributed by atoms with Crippen LogP contribution in [0.2, 0.25) is 0 Å². The number of nitrogens with zero attached hydrogens (tertiary/aromatic N) is 5. The molecule has 0 saturated heterocycles. The zero-order valence-corrected chi connectivity index (χ0v) is 34.1. The minimum absolute atomic E-state index is 0.796. The van der Waals surface area contributed by atoms with Crippen molar-refractivity contribution in [3.05, 3.63) is 225 Å². The van der Waals surface area contributed by atoms with E-state index in [0.29, 0.717) is 0 Å². The van der Waals surface area contributed by atoms with E-state index in [-0.39, 0.29) is 0 Å². The van der Waals surface area contributed by atoms with Crippen LogP contribution >= 0.6 is 0 Å². The Bertz CT molecular complexity index is 3540. The van der Waals surface area contributed by atoms with Gasteiger partial charge >= 0.3 is 0 Å². The second-order valence-corrected chi connectivity index (χ2v) is 15.8. The van der Waals surface area contributed by atoms with E-state index in [1.54, 1.807) is 0 Å². The Morgan fingerprint density at radius 3 is 1.79 bits per heavy atom. The number of hydrogen-bond acceptors (Lipinski definition) is 4. The molecule has 12 rings (SSSR count). The van der Waals surface area contributed by atoms with Crippen LogP contribution in [0.5, 0.6) is 0 Å². The lowest BCUT2D eigenvalue weighted by atomic mass is 9.94. The van der Waals surface area contributed by atoms with Crippen molar-refractivity contribution in [3.8, 4) is 73.1 Å². The highest BCUT2D eigenvalue weighted by molar-refractivity contribution is 6.25. The Balaban J connectivity index is 1.06. The summed E-state index contributed by atoms with van der Waals surface area (Å²) in [5.41, 5.74) is 16.1. The Hall–Kier alpha value is -8.54. The van der Waals surface area contributed by atoms with Crippen molar-refractivity contribution in [2.45, 2.75) is 0 Å². The third kappa shape index (κ3) is 6.42. The van der Waals surface area contributed by atoms with Crippen LogP contribution in [0.1, 0.15) is 0 Å². The van der Waals surface area contributed by atoms with Gasteiger partial charge in [-0.25, -0.2) is 9.97 Å². The molecule has 0 amide bonds. The van der Waals surface area contributed by atoms with Crippen molar-refractivity contribution < 1.29 is 0 Å². The summed E-state index contributed by atoms with van der Waals surface area (Å²) in [4.78, 5) is 20.3. The van der Waals surface area contributed by atoms with Gasteiger partial charge in [0.2, 0.25) is 0 Å². The molecule has 12 aromatic rings. The lowest BCUT2D eigenvalue weighted by molar-refractivity contribution is 1.19.